The summed E-state index contributed by atoms with van der Waals surface area (Å²) in [6.07, 6.45) is 0. The van der Waals surface area contributed by atoms with Crippen molar-refractivity contribution in [2.75, 3.05) is 0 Å². The fourth-order valence-electron chi connectivity index (χ4n) is 0.619. The van der Waals surface area contributed by atoms with E-state index in [9.17, 15) is 0 Å². The van der Waals surface area contributed by atoms with Crippen LogP contribution in [0.25, 0.3) is 0 Å². The highest BCUT2D eigenvalue weighted by Crippen LogP contribution is 2.02. The lowest BCUT2D eigenvalue weighted by Gasteiger charge is -1.93. The molecule has 1 aromatic heterocycles. The lowest BCUT2D eigenvalue weighted by atomic mass is 10.4. The van der Waals surface area contributed by atoms with Crippen LogP contribution in [0.1, 0.15) is 12.8 Å². The Kier molecular flexibility index (Phi) is 1.33. The summed E-state index contributed by atoms with van der Waals surface area (Å²) in [7, 11) is 0. The smallest absolute Gasteiger partial charge is 0.222 e. The van der Waals surface area contributed by atoms with Gasteiger partial charge in [-0.1, -0.05) is 0 Å². The maximum atomic E-state index is 7.36. The molecule has 1 aromatic rings. The van der Waals surface area contributed by atoms with E-state index in [4.69, 9.17) is 13.0 Å². The van der Waals surface area contributed by atoms with Gasteiger partial charge in [0, 0.05) is 11.4 Å². The molecule has 2 nitrogen and oxygen atoms in total. The van der Waals surface area contributed by atoms with Gasteiger partial charge < -0.3 is 0 Å². The zero-order chi connectivity index (χ0) is 7.72. The Morgan fingerprint density at radius 3 is 2.33 bits per heavy atom. The fraction of sp³-hybridized carbons (Fsp3) is 0.333. The van der Waals surface area contributed by atoms with E-state index < -0.39 is 0 Å². The molecule has 0 N–H and O–H groups in total. The summed E-state index contributed by atoms with van der Waals surface area (Å²) in [5, 5.41) is 0.214. The second kappa shape index (κ2) is 2.31. The first-order valence-electron chi connectivity index (χ1n) is 3.08. The Hall–Kier alpha value is -0.630. The van der Waals surface area contributed by atoms with Gasteiger partial charge in [-0.3, -0.25) is 0 Å². The van der Waals surface area contributed by atoms with Gasteiger partial charge in [0.05, 0.1) is 1.37 Å². The van der Waals surface area contributed by atoms with Crippen molar-refractivity contribution >= 4 is 11.6 Å². The van der Waals surface area contributed by atoms with Crippen LogP contribution in [0.3, 0.4) is 0 Å². The van der Waals surface area contributed by atoms with E-state index >= 15 is 0 Å². The maximum absolute atomic E-state index is 7.36. The van der Waals surface area contributed by atoms with Crippen LogP contribution in [0.15, 0.2) is 6.04 Å². The van der Waals surface area contributed by atoms with Gasteiger partial charge in [-0.05, 0) is 31.5 Å². The van der Waals surface area contributed by atoms with Gasteiger partial charge in [-0.2, -0.15) is 0 Å². The molecule has 0 saturated heterocycles. The van der Waals surface area contributed by atoms with E-state index in [-0.39, 0.29) is 5.28 Å². The second-order valence-corrected chi connectivity index (χ2v) is 2.13. The van der Waals surface area contributed by atoms with Crippen molar-refractivity contribution in [3.63, 3.8) is 0 Å². The molecule has 0 spiro atoms. The SMILES string of the molecule is [2H]c1c(C)nc(Cl)nc1C. The molecule has 0 aromatic carbocycles. The Balaban J connectivity index is 3.31. The number of aromatic nitrogens is 2. The van der Waals surface area contributed by atoms with E-state index in [0.29, 0.717) is 17.4 Å². The highest BCUT2D eigenvalue weighted by Gasteiger charge is 1.92. The van der Waals surface area contributed by atoms with E-state index in [2.05, 4.69) is 9.97 Å². The minimum atomic E-state index is 0.214. The summed E-state index contributed by atoms with van der Waals surface area (Å²) < 4.78 is 7.36. The second-order valence-electron chi connectivity index (χ2n) is 1.79. The number of hydrogen-bond donors (Lipinski definition) is 0. The van der Waals surface area contributed by atoms with Crippen LogP contribution in [0, 0.1) is 13.8 Å². The van der Waals surface area contributed by atoms with Gasteiger partial charge in [-0.25, -0.2) is 9.97 Å². The quantitative estimate of drug-likeness (QED) is 0.517. The number of rotatable bonds is 0. The van der Waals surface area contributed by atoms with Crippen LogP contribution < -0.4 is 0 Å². The molecule has 3 heteroatoms. The molecule has 0 saturated carbocycles. The highest BCUT2D eigenvalue weighted by atomic mass is 35.5. The number of hydrogen-bond acceptors (Lipinski definition) is 2. The number of nitrogens with zero attached hydrogens (tertiary/aromatic N) is 2. The van der Waals surface area contributed by atoms with Crippen molar-refractivity contribution in [2.24, 2.45) is 0 Å². The third kappa shape index (κ3) is 1.64. The third-order valence-electron chi connectivity index (χ3n) is 0.882. The molecule has 0 aliphatic carbocycles. The van der Waals surface area contributed by atoms with E-state index in [1.807, 2.05) is 0 Å². The van der Waals surface area contributed by atoms with Crippen molar-refractivity contribution in [3.8, 4) is 0 Å². The topological polar surface area (TPSA) is 25.8 Å². The third-order valence-corrected chi connectivity index (χ3v) is 1.05. The number of aryl methyl sites for hydroxylation is 2. The van der Waals surface area contributed by atoms with Crippen molar-refractivity contribution in [1.29, 1.82) is 0 Å². The standard InChI is InChI=1S/C6H7ClN2/c1-4-3-5(2)9-6(7)8-4/h3H,1-2H3/i3D. The molecule has 0 unspecified atom stereocenters. The van der Waals surface area contributed by atoms with Crippen LogP contribution in [0.5, 0.6) is 0 Å². The highest BCUT2D eigenvalue weighted by molar-refractivity contribution is 6.28. The Morgan fingerprint density at radius 2 is 1.89 bits per heavy atom. The lowest BCUT2D eigenvalue weighted by molar-refractivity contribution is 1.05. The minimum Gasteiger partial charge on any atom is -0.223 e. The van der Waals surface area contributed by atoms with Gasteiger partial charge >= 0.3 is 0 Å². The first-order chi connectivity index (χ1) is 4.61. The van der Waals surface area contributed by atoms with Gasteiger partial charge in [0.15, 0.2) is 0 Å². The summed E-state index contributed by atoms with van der Waals surface area (Å²) in [5.41, 5.74) is 1.25. The summed E-state index contributed by atoms with van der Waals surface area (Å²) in [6.45, 7) is 3.48. The van der Waals surface area contributed by atoms with Gasteiger partial charge in [0.25, 0.3) is 0 Å². The molecule has 0 atom stereocenters. The molecule has 9 heavy (non-hydrogen) atoms. The first-order valence-corrected chi connectivity index (χ1v) is 2.96. The molecule has 0 bridgehead atoms. The zero-order valence-electron chi connectivity index (χ0n) is 6.27. The molecule has 0 aliphatic heterocycles. The molecule has 0 amide bonds. The molecular weight excluding hydrogens is 136 g/mol. The first kappa shape index (κ1) is 5.18. The largest absolute Gasteiger partial charge is 0.223 e. The van der Waals surface area contributed by atoms with Crippen LogP contribution >= 0.6 is 11.6 Å². The summed E-state index contributed by atoms with van der Waals surface area (Å²) >= 11 is 5.52. The predicted molar refractivity (Wildman–Crippen MR) is 36.5 cm³/mol. The van der Waals surface area contributed by atoms with Crippen LogP contribution in [0.2, 0.25) is 5.28 Å². The summed E-state index contributed by atoms with van der Waals surface area (Å²) in [6, 6.07) is 0.365. The van der Waals surface area contributed by atoms with Crippen LogP contribution in [-0.2, 0) is 0 Å². The van der Waals surface area contributed by atoms with Crippen molar-refractivity contribution < 1.29 is 1.37 Å². The normalized spacial score (nSPS) is 11.2. The van der Waals surface area contributed by atoms with Crippen molar-refractivity contribution in [3.05, 3.63) is 22.7 Å². The van der Waals surface area contributed by atoms with E-state index in [0.717, 1.165) is 0 Å². The maximum Gasteiger partial charge on any atom is 0.222 e. The molecular formula is C6H7ClN2. The Bertz CT molecular complexity index is 239. The minimum absolute atomic E-state index is 0.214. The Labute approximate surface area is 60.3 Å². The van der Waals surface area contributed by atoms with Crippen molar-refractivity contribution in [1.82, 2.24) is 9.97 Å². The van der Waals surface area contributed by atoms with Crippen molar-refractivity contribution in [2.45, 2.75) is 13.8 Å². The fourth-order valence-corrected chi connectivity index (χ4v) is 0.873. The average Bonchev–Trinajstić information content (AvgIpc) is 1.82. The van der Waals surface area contributed by atoms with Gasteiger partial charge in [0.1, 0.15) is 0 Å². The number of halogens is 1. The van der Waals surface area contributed by atoms with Crippen LogP contribution in [-0.4, -0.2) is 9.97 Å². The van der Waals surface area contributed by atoms with Gasteiger partial charge in [-0.15, -0.1) is 0 Å². The van der Waals surface area contributed by atoms with E-state index in [1.54, 1.807) is 13.8 Å². The average molecular weight is 144 g/mol. The lowest BCUT2D eigenvalue weighted by Crippen LogP contribution is -1.88. The zero-order valence-corrected chi connectivity index (χ0v) is 6.03. The van der Waals surface area contributed by atoms with Gasteiger partial charge in [0.2, 0.25) is 5.28 Å². The predicted octanol–water partition coefficient (Wildman–Crippen LogP) is 1.75. The summed E-state index contributed by atoms with van der Waals surface area (Å²) in [4.78, 5) is 7.60. The molecule has 0 fully saturated rings. The molecule has 1 heterocycles. The molecule has 1 rings (SSSR count). The monoisotopic (exact) mass is 143 g/mol. The molecule has 48 valence electrons. The molecule has 0 radical (unpaired) electrons. The summed E-state index contributed by atoms with van der Waals surface area (Å²) in [5.74, 6) is 0. The van der Waals surface area contributed by atoms with Crippen LogP contribution in [0.4, 0.5) is 0 Å². The Morgan fingerprint density at radius 1 is 1.44 bits per heavy atom. The molecule has 0 aliphatic rings. The van der Waals surface area contributed by atoms with E-state index in [1.165, 1.54) is 0 Å².